The summed E-state index contributed by atoms with van der Waals surface area (Å²) in [4.78, 5) is 43.5. The largest absolute Gasteiger partial charge is 0.444 e. The third-order valence-electron chi connectivity index (χ3n) is 6.48. The Bertz CT molecular complexity index is 1030. The average molecular weight is 465 g/mol. The summed E-state index contributed by atoms with van der Waals surface area (Å²) in [5.74, 6) is -0.902. The first kappa shape index (κ1) is 22.7. The van der Waals surface area contributed by atoms with Crippen LogP contribution in [0.3, 0.4) is 0 Å². The zero-order chi connectivity index (χ0) is 23.3. The van der Waals surface area contributed by atoms with Crippen LogP contribution in [0, 0.1) is 11.3 Å². The monoisotopic (exact) mass is 464 g/mol. The summed E-state index contributed by atoms with van der Waals surface area (Å²) in [5.41, 5.74) is -1.75. The van der Waals surface area contributed by atoms with Gasteiger partial charge in [-0.05, 0) is 45.2 Å². The van der Waals surface area contributed by atoms with Gasteiger partial charge < -0.3 is 9.57 Å². The Balaban J connectivity index is 1.71. The smallest absolute Gasteiger partial charge is 0.442 e. The molecule has 2 aliphatic heterocycles. The van der Waals surface area contributed by atoms with Gasteiger partial charge in [-0.1, -0.05) is 18.2 Å². The van der Waals surface area contributed by atoms with Gasteiger partial charge in [0.05, 0.1) is 17.4 Å². The van der Waals surface area contributed by atoms with Crippen LogP contribution in [0.4, 0.5) is 4.79 Å². The normalized spacial score (nSPS) is 29.0. The number of hydroxylamine groups is 2. The van der Waals surface area contributed by atoms with E-state index in [1.54, 1.807) is 39.0 Å². The molecule has 10 heteroatoms. The molecule has 4 rings (SSSR count). The van der Waals surface area contributed by atoms with Crippen molar-refractivity contribution >= 4 is 27.9 Å². The van der Waals surface area contributed by atoms with Crippen molar-refractivity contribution in [3.05, 3.63) is 30.3 Å². The van der Waals surface area contributed by atoms with Gasteiger partial charge in [-0.3, -0.25) is 4.79 Å². The van der Waals surface area contributed by atoms with Crippen molar-refractivity contribution in [3.63, 3.8) is 0 Å². The van der Waals surface area contributed by atoms with Crippen LogP contribution >= 0.6 is 0 Å². The van der Waals surface area contributed by atoms with E-state index in [0.717, 1.165) is 5.06 Å². The maximum absolute atomic E-state index is 13.3. The van der Waals surface area contributed by atoms with Gasteiger partial charge in [-0.25, -0.2) is 18.0 Å². The topological polar surface area (TPSA) is 110 Å². The fraction of sp³-hybridized carbons (Fsp3) is 0.591. The molecule has 2 heterocycles. The number of ketones is 1. The van der Waals surface area contributed by atoms with E-state index in [9.17, 15) is 22.8 Å². The molecular formula is C22H28N2O7S. The van der Waals surface area contributed by atoms with Crippen molar-refractivity contribution in [1.29, 1.82) is 0 Å². The third kappa shape index (κ3) is 4.01. The molecule has 1 aromatic carbocycles. The van der Waals surface area contributed by atoms with Crippen LogP contribution in [0.25, 0.3) is 0 Å². The highest BCUT2D eigenvalue weighted by Crippen LogP contribution is 2.52. The van der Waals surface area contributed by atoms with Crippen molar-refractivity contribution in [1.82, 2.24) is 9.37 Å². The predicted octanol–water partition coefficient (Wildman–Crippen LogP) is 2.51. The summed E-state index contributed by atoms with van der Waals surface area (Å²) in [5, 5.41) is 0.875. The molecule has 1 aromatic rings. The van der Waals surface area contributed by atoms with Crippen molar-refractivity contribution in [2.45, 2.75) is 63.0 Å². The van der Waals surface area contributed by atoms with Crippen LogP contribution in [0.15, 0.2) is 35.2 Å². The van der Waals surface area contributed by atoms with Gasteiger partial charge in [0.1, 0.15) is 11.4 Å². The predicted molar refractivity (Wildman–Crippen MR) is 113 cm³/mol. The molecule has 32 heavy (non-hydrogen) atoms. The number of nitrogens with zero attached hydrogens (tertiary/aromatic N) is 2. The number of ether oxygens (including phenoxy) is 1. The van der Waals surface area contributed by atoms with Gasteiger partial charge >= 0.3 is 12.1 Å². The molecule has 1 aliphatic carbocycles. The fourth-order valence-corrected chi connectivity index (χ4v) is 6.67. The van der Waals surface area contributed by atoms with Gasteiger partial charge in [0.25, 0.3) is 0 Å². The lowest BCUT2D eigenvalue weighted by Crippen LogP contribution is -2.67. The number of hydrogen-bond acceptors (Lipinski definition) is 7. The molecule has 1 saturated carbocycles. The number of Topliss-reactive ketones (excluding diaryl/α,β-unsaturated/α-hetero) is 1. The molecule has 0 aromatic heterocycles. The SMILES string of the molecule is CC(C)(C)OC(=O)N1OC(=O)CC23CN(S(=O)(=O)c4ccccc4)CC[C@H]2CC(=O)C[C@H]13. The number of amides is 1. The number of benzene rings is 1. The summed E-state index contributed by atoms with van der Waals surface area (Å²) < 4.78 is 33.4. The van der Waals surface area contributed by atoms with Gasteiger partial charge in [0.2, 0.25) is 10.0 Å². The minimum absolute atomic E-state index is 0.0117. The lowest BCUT2D eigenvalue weighted by Gasteiger charge is -2.57. The van der Waals surface area contributed by atoms with E-state index in [-0.39, 0.29) is 48.9 Å². The van der Waals surface area contributed by atoms with Crippen LogP contribution in [-0.2, 0) is 29.2 Å². The molecule has 3 aliphatic rings. The Morgan fingerprint density at radius 3 is 2.50 bits per heavy atom. The average Bonchev–Trinajstić information content (AvgIpc) is 2.70. The minimum atomic E-state index is -3.80. The first-order chi connectivity index (χ1) is 14.9. The van der Waals surface area contributed by atoms with Crippen molar-refractivity contribution in [2.75, 3.05) is 13.1 Å². The van der Waals surface area contributed by atoms with E-state index >= 15 is 0 Å². The van der Waals surface area contributed by atoms with Gasteiger partial charge in [0, 0.05) is 31.3 Å². The second-order valence-electron chi connectivity index (χ2n) is 9.78. The molecule has 1 unspecified atom stereocenters. The zero-order valence-electron chi connectivity index (χ0n) is 18.4. The Morgan fingerprint density at radius 2 is 1.84 bits per heavy atom. The number of carbonyl (C=O) groups excluding carboxylic acids is 3. The third-order valence-corrected chi connectivity index (χ3v) is 8.34. The van der Waals surface area contributed by atoms with Gasteiger partial charge in [-0.2, -0.15) is 4.31 Å². The first-order valence-corrected chi connectivity index (χ1v) is 12.2. The number of hydrogen-bond donors (Lipinski definition) is 0. The summed E-state index contributed by atoms with van der Waals surface area (Å²) >= 11 is 0. The molecule has 0 N–H and O–H groups in total. The lowest BCUT2D eigenvalue weighted by atomic mass is 9.58. The van der Waals surface area contributed by atoms with Gasteiger partial charge in [-0.15, -0.1) is 5.06 Å². The molecule has 1 amide bonds. The standard InChI is InChI=1S/C22H28N2O7S/c1-21(2,3)30-20(27)24-18-12-16(25)11-15-9-10-23(14-22(15,18)13-19(26)31-24)32(28,29)17-7-5-4-6-8-17/h4-8,15,18H,9-14H2,1-3H3/t15-,18-,22?/m0/s1. The number of carbonyl (C=O) groups is 3. The van der Waals surface area contributed by atoms with E-state index < -0.39 is 39.1 Å². The van der Waals surface area contributed by atoms with Crippen LogP contribution in [0.5, 0.6) is 0 Å². The van der Waals surface area contributed by atoms with E-state index in [1.807, 2.05) is 0 Å². The van der Waals surface area contributed by atoms with Gasteiger partial charge in [0.15, 0.2) is 0 Å². The van der Waals surface area contributed by atoms with E-state index in [1.165, 1.54) is 16.4 Å². The molecule has 0 radical (unpaired) electrons. The van der Waals surface area contributed by atoms with Crippen LogP contribution < -0.4 is 0 Å². The number of rotatable bonds is 2. The summed E-state index contributed by atoms with van der Waals surface area (Å²) in [6.07, 6.45) is -0.251. The number of piperidine rings is 1. The molecule has 1 spiro atoms. The van der Waals surface area contributed by atoms with Crippen molar-refractivity contribution < 1.29 is 32.4 Å². The minimum Gasteiger partial charge on any atom is -0.442 e. The Hall–Kier alpha value is -2.46. The second-order valence-corrected chi connectivity index (χ2v) is 11.7. The van der Waals surface area contributed by atoms with Crippen LogP contribution in [-0.4, -0.2) is 60.4 Å². The Morgan fingerprint density at radius 1 is 1.16 bits per heavy atom. The van der Waals surface area contributed by atoms with Crippen LogP contribution in [0.2, 0.25) is 0 Å². The Labute approximate surface area is 187 Å². The summed E-state index contributed by atoms with van der Waals surface area (Å²) in [6.45, 7) is 5.34. The van der Waals surface area contributed by atoms with E-state index in [4.69, 9.17) is 9.57 Å². The van der Waals surface area contributed by atoms with E-state index in [0.29, 0.717) is 6.42 Å². The molecule has 9 nitrogen and oxygen atoms in total. The summed E-state index contributed by atoms with van der Waals surface area (Å²) in [6, 6.07) is 7.33. The highest BCUT2D eigenvalue weighted by molar-refractivity contribution is 7.89. The fourth-order valence-electron chi connectivity index (χ4n) is 5.11. The maximum Gasteiger partial charge on any atom is 0.444 e. The quantitative estimate of drug-likeness (QED) is 0.661. The summed E-state index contributed by atoms with van der Waals surface area (Å²) in [7, 11) is -3.80. The van der Waals surface area contributed by atoms with Crippen LogP contribution in [0.1, 0.15) is 46.5 Å². The molecule has 3 atom stereocenters. The van der Waals surface area contributed by atoms with Crippen molar-refractivity contribution in [3.8, 4) is 0 Å². The Kier molecular flexibility index (Phi) is 5.57. The van der Waals surface area contributed by atoms with E-state index in [2.05, 4.69) is 0 Å². The highest BCUT2D eigenvalue weighted by Gasteiger charge is 2.61. The zero-order valence-corrected chi connectivity index (χ0v) is 19.3. The van der Waals surface area contributed by atoms with Crippen molar-refractivity contribution in [2.24, 2.45) is 11.3 Å². The second kappa shape index (κ2) is 7.84. The molecule has 3 fully saturated rings. The highest BCUT2D eigenvalue weighted by atomic mass is 32.2. The molecule has 174 valence electrons. The molecule has 2 saturated heterocycles. The lowest BCUT2D eigenvalue weighted by molar-refractivity contribution is -0.242. The molecule has 0 bridgehead atoms. The first-order valence-electron chi connectivity index (χ1n) is 10.7. The maximum atomic E-state index is 13.3. The molecular weight excluding hydrogens is 436 g/mol. The number of sulfonamides is 1.